The number of hydrogen-bond donors (Lipinski definition) is 0. The molecule has 1 aromatic carbocycles. The van der Waals surface area contributed by atoms with E-state index in [4.69, 9.17) is 9.68 Å². The standard InChI is InChI=1S/C16H24N2O2/c1-3-11-17(19-13-5-1)15-7-9-16(10-8-15)18-12-4-2-6-14-20-18/h7-10H,1-6,11-14H2. The maximum Gasteiger partial charge on any atom is 0.0748 e. The Labute approximate surface area is 121 Å². The van der Waals surface area contributed by atoms with E-state index in [1.165, 1.54) is 25.7 Å². The molecule has 2 aliphatic heterocycles. The van der Waals surface area contributed by atoms with Crippen molar-refractivity contribution < 1.29 is 9.68 Å². The van der Waals surface area contributed by atoms with Crippen LogP contribution in [0.15, 0.2) is 24.3 Å². The van der Waals surface area contributed by atoms with Gasteiger partial charge in [0.25, 0.3) is 0 Å². The Bertz CT molecular complexity index is 352. The fraction of sp³-hybridized carbons (Fsp3) is 0.625. The molecular weight excluding hydrogens is 252 g/mol. The van der Waals surface area contributed by atoms with Crippen LogP contribution in [0.25, 0.3) is 0 Å². The topological polar surface area (TPSA) is 24.9 Å². The van der Waals surface area contributed by atoms with Crippen molar-refractivity contribution in [2.75, 3.05) is 36.4 Å². The van der Waals surface area contributed by atoms with Gasteiger partial charge in [0.1, 0.15) is 0 Å². The summed E-state index contributed by atoms with van der Waals surface area (Å²) in [4.78, 5) is 11.6. The second-order valence-electron chi connectivity index (χ2n) is 5.51. The van der Waals surface area contributed by atoms with Crippen molar-refractivity contribution >= 4 is 11.4 Å². The van der Waals surface area contributed by atoms with Crippen molar-refractivity contribution in [1.82, 2.24) is 0 Å². The second kappa shape index (κ2) is 6.95. The van der Waals surface area contributed by atoms with Crippen LogP contribution >= 0.6 is 0 Å². The molecule has 0 unspecified atom stereocenters. The first kappa shape index (κ1) is 13.7. The maximum atomic E-state index is 5.78. The SMILES string of the molecule is c1cc(N2CCCCCO2)ccc1N1CCCCCO1. The van der Waals surface area contributed by atoms with Gasteiger partial charge in [-0.05, 0) is 62.8 Å². The van der Waals surface area contributed by atoms with Crippen LogP contribution in [0.5, 0.6) is 0 Å². The first-order valence-corrected chi connectivity index (χ1v) is 7.84. The molecular formula is C16H24N2O2. The van der Waals surface area contributed by atoms with Crippen molar-refractivity contribution in [2.24, 2.45) is 0 Å². The molecule has 2 saturated heterocycles. The summed E-state index contributed by atoms with van der Waals surface area (Å²) in [5, 5.41) is 4.06. The number of anilines is 2. The summed E-state index contributed by atoms with van der Waals surface area (Å²) in [5.74, 6) is 0. The maximum absolute atomic E-state index is 5.78. The molecule has 0 spiro atoms. The highest BCUT2D eigenvalue weighted by atomic mass is 16.7. The Kier molecular flexibility index (Phi) is 4.77. The monoisotopic (exact) mass is 276 g/mol. The van der Waals surface area contributed by atoms with Crippen molar-refractivity contribution in [3.63, 3.8) is 0 Å². The zero-order chi connectivity index (χ0) is 13.6. The quantitative estimate of drug-likeness (QED) is 0.825. The zero-order valence-corrected chi connectivity index (χ0v) is 12.1. The molecule has 0 bridgehead atoms. The van der Waals surface area contributed by atoms with E-state index in [2.05, 4.69) is 24.3 Å². The third-order valence-corrected chi connectivity index (χ3v) is 3.93. The van der Waals surface area contributed by atoms with Crippen LogP contribution in [0.4, 0.5) is 11.4 Å². The van der Waals surface area contributed by atoms with Crippen LogP contribution in [-0.2, 0) is 9.68 Å². The van der Waals surface area contributed by atoms with Crippen molar-refractivity contribution in [3.05, 3.63) is 24.3 Å². The van der Waals surface area contributed by atoms with Gasteiger partial charge in [-0.3, -0.25) is 19.8 Å². The Morgan fingerprint density at radius 2 is 1.05 bits per heavy atom. The second-order valence-corrected chi connectivity index (χ2v) is 5.51. The Morgan fingerprint density at radius 3 is 1.50 bits per heavy atom. The molecule has 0 aromatic heterocycles. The van der Waals surface area contributed by atoms with E-state index in [-0.39, 0.29) is 0 Å². The van der Waals surface area contributed by atoms with Gasteiger partial charge in [-0.25, -0.2) is 0 Å². The third-order valence-electron chi connectivity index (χ3n) is 3.93. The van der Waals surface area contributed by atoms with Gasteiger partial charge in [0.15, 0.2) is 0 Å². The van der Waals surface area contributed by atoms with Gasteiger partial charge in [-0.2, -0.15) is 0 Å². The normalized spacial score (nSPS) is 21.4. The van der Waals surface area contributed by atoms with Gasteiger partial charge in [0, 0.05) is 13.1 Å². The highest BCUT2D eigenvalue weighted by Gasteiger charge is 2.13. The molecule has 0 N–H and O–H groups in total. The van der Waals surface area contributed by atoms with Gasteiger partial charge < -0.3 is 0 Å². The number of hydroxylamine groups is 2. The number of rotatable bonds is 2. The molecule has 2 fully saturated rings. The van der Waals surface area contributed by atoms with Crippen molar-refractivity contribution in [3.8, 4) is 0 Å². The van der Waals surface area contributed by atoms with Crippen LogP contribution in [0.1, 0.15) is 38.5 Å². The number of benzene rings is 1. The van der Waals surface area contributed by atoms with Crippen LogP contribution in [0.3, 0.4) is 0 Å². The van der Waals surface area contributed by atoms with Crippen molar-refractivity contribution in [2.45, 2.75) is 38.5 Å². The van der Waals surface area contributed by atoms with E-state index in [1.54, 1.807) is 0 Å². The fourth-order valence-corrected chi connectivity index (χ4v) is 2.74. The van der Waals surface area contributed by atoms with E-state index >= 15 is 0 Å². The number of hydrogen-bond acceptors (Lipinski definition) is 4. The summed E-state index contributed by atoms with van der Waals surface area (Å²) in [7, 11) is 0. The third kappa shape index (κ3) is 3.44. The molecule has 0 atom stereocenters. The zero-order valence-electron chi connectivity index (χ0n) is 12.1. The summed E-state index contributed by atoms with van der Waals surface area (Å²) in [5.41, 5.74) is 2.29. The summed E-state index contributed by atoms with van der Waals surface area (Å²) in [6.07, 6.45) is 7.26. The van der Waals surface area contributed by atoms with E-state index < -0.39 is 0 Å². The lowest BCUT2D eigenvalue weighted by molar-refractivity contribution is 0.117. The molecule has 20 heavy (non-hydrogen) atoms. The van der Waals surface area contributed by atoms with Crippen LogP contribution in [0, 0.1) is 0 Å². The molecule has 0 aliphatic carbocycles. The average molecular weight is 276 g/mol. The molecule has 4 nitrogen and oxygen atoms in total. The van der Waals surface area contributed by atoms with E-state index in [0.717, 1.165) is 50.5 Å². The minimum atomic E-state index is 0.830. The van der Waals surface area contributed by atoms with Crippen LogP contribution in [-0.4, -0.2) is 26.3 Å². The van der Waals surface area contributed by atoms with Crippen LogP contribution < -0.4 is 10.1 Å². The van der Waals surface area contributed by atoms with Crippen LogP contribution in [0.2, 0.25) is 0 Å². The molecule has 0 radical (unpaired) electrons. The van der Waals surface area contributed by atoms with Crippen molar-refractivity contribution in [1.29, 1.82) is 0 Å². The molecule has 2 heterocycles. The largest absolute Gasteiger partial charge is 0.273 e. The van der Waals surface area contributed by atoms with Gasteiger partial charge >= 0.3 is 0 Å². The van der Waals surface area contributed by atoms with Gasteiger partial charge in [0.05, 0.1) is 24.6 Å². The minimum Gasteiger partial charge on any atom is -0.273 e. The highest BCUT2D eigenvalue weighted by molar-refractivity contribution is 5.54. The highest BCUT2D eigenvalue weighted by Crippen LogP contribution is 2.24. The van der Waals surface area contributed by atoms with E-state index in [1.807, 2.05) is 10.1 Å². The van der Waals surface area contributed by atoms with E-state index in [0.29, 0.717) is 0 Å². The summed E-state index contributed by atoms with van der Waals surface area (Å²) >= 11 is 0. The first-order chi connectivity index (χ1) is 9.93. The summed E-state index contributed by atoms with van der Waals surface area (Å²) in [6.45, 7) is 3.63. The van der Waals surface area contributed by atoms with Gasteiger partial charge in [0.2, 0.25) is 0 Å². The molecule has 1 aromatic rings. The molecule has 3 rings (SSSR count). The summed E-state index contributed by atoms with van der Waals surface area (Å²) in [6, 6.07) is 8.54. The fourth-order valence-electron chi connectivity index (χ4n) is 2.74. The lowest BCUT2D eigenvalue weighted by Crippen LogP contribution is -2.24. The summed E-state index contributed by atoms with van der Waals surface area (Å²) < 4.78 is 0. The average Bonchev–Trinajstić information content (AvgIpc) is 2.92. The number of nitrogens with zero attached hydrogens (tertiary/aromatic N) is 2. The van der Waals surface area contributed by atoms with Gasteiger partial charge in [-0.1, -0.05) is 0 Å². The minimum absolute atomic E-state index is 0.830. The molecule has 0 saturated carbocycles. The smallest absolute Gasteiger partial charge is 0.0748 e. The molecule has 0 amide bonds. The Hall–Kier alpha value is -1.26. The lowest BCUT2D eigenvalue weighted by Gasteiger charge is -2.24. The molecule has 110 valence electrons. The van der Waals surface area contributed by atoms with Gasteiger partial charge in [-0.15, -0.1) is 0 Å². The van der Waals surface area contributed by atoms with E-state index in [9.17, 15) is 0 Å². The Morgan fingerprint density at radius 1 is 0.600 bits per heavy atom. The molecule has 4 heteroatoms. The lowest BCUT2D eigenvalue weighted by atomic mass is 10.2. The molecule has 2 aliphatic rings. The predicted octanol–water partition coefficient (Wildman–Crippen LogP) is 3.53. The Balaban J connectivity index is 1.66. The first-order valence-electron chi connectivity index (χ1n) is 7.84. The predicted molar refractivity (Wildman–Crippen MR) is 80.7 cm³/mol.